The van der Waals surface area contributed by atoms with E-state index in [1.807, 2.05) is 0 Å². The molecule has 0 bridgehead atoms. The normalized spacial score (nSPS) is 11.1. The number of hydrogen-bond donors (Lipinski definition) is 2. The molecule has 0 saturated heterocycles. The van der Waals surface area contributed by atoms with Gasteiger partial charge < -0.3 is 5.73 Å². The number of H-pyrrole nitrogens is 1. The van der Waals surface area contributed by atoms with Gasteiger partial charge in [0.25, 0.3) is 5.56 Å². The first-order chi connectivity index (χ1) is 7.13. The van der Waals surface area contributed by atoms with Crippen molar-refractivity contribution in [3.8, 4) is 0 Å². The molecule has 0 unspecified atom stereocenters. The molecule has 2 aromatic heterocycles. The van der Waals surface area contributed by atoms with Crippen LogP contribution < -0.4 is 11.3 Å². The maximum Gasteiger partial charge on any atom is 0.255 e. The van der Waals surface area contributed by atoms with Gasteiger partial charge in [0.1, 0.15) is 0 Å². The molecule has 3 N–H and O–H groups in total. The molecule has 2 aromatic rings. The van der Waals surface area contributed by atoms with E-state index >= 15 is 0 Å². The molecular formula is C8H10FN5O. The molecule has 2 heterocycles. The summed E-state index contributed by atoms with van der Waals surface area (Å²) in [4.78, 5) is 17.8. The van der Waals surface area contributed by atoms with Crippen LogP contribution in [0.1, 0.15) is 11.3 Å². The first-order valence-corrected chi connectivity index (χ1v) is 4.43. The topological polar surface area (TPSA) is 89.1 Å². The highest BCUT2D eigenvalue weighted by molar-refractivity contribution is 5.37. The number of aromatic amines is 1. The highest BCUT2D eigenvalue weighted by Gasteiger charge is 2.11. The van der Waals surface area contributed by atoms with E-state index < -0.39 is 6.67 Å². The number of nitrogens with zero attached hydrogens (tertiary/aromatic N) is 3. The smallest absolute Gasteiger partial charge is 0.255 e. The minimum atomic E-state index is -0.584. The van der Waals surface area contributed by atoms with Crippen molar-refractivity contribution in [1.29, 1.82) is 0 Å². The fraction of sp³-hybridized carbons (Fsp3) is 0.375. The number of aromatic nitrogens is 4. The molecule has 15 heavy (non-hydrogen) atoms. The zero-order chi connectivity index (χ0) is 11.0. The Labute approximate surface area is 83.9 Å². The van der Waals surface area contributed by atoms with Crippen molar-refractivity contribution < 1.29 is 4.39 Å². The maximum absolute atomic E-state index is 12.2. The van der Waals surface area contributed by atoms with Gasteiger partial charge in [-0.25, -0.2) is 4.52 Å². The monoisotopic (exact) mass is 211 g/mol. The van der Waals surface area contributed by atoms with Crippen LogP contribution in [-0.4, -0.2) is 26.3 Å². The Kier molecular flexibility index (Phi) is 2.14. The number of hydrogen-bond acceptors (Lipinski definition) is 4. The molecule has 6 nitrogen and oxygen atoms in total. The molecule has 7 heteroatoms. The van der Waals surface area contributed by atoms with Gasteiger partial charge in [-0.2, -0.15) is 4.98 Å². The zero-order valence-corrected chi connectivity index (χ0v) is 8.12. The van der Waals surface area contributed by atoms with Crippen molar-refractivity contribution in [3.63, 3.8) is 0 Å². The van der Waals surface area contributed by atoms with Gasteiger partial charge >= 0.3 is 0 Å². The molecule has 0 aromatic carbocycles. The fourth-order valence-corrected chi connectivity index (χ4v) is 1.50. The summed E-state index contributed by atoms with van der Waals surface area (Å²) >= 11 is 0. The highest BCUT2D eigenvalue weighted by Crippen LogP contribution is 2.06. The molecule has 0 atom stereocenters. The Bertz CT molecular complexity index is 558. The lowest BCUT2D eigenvalue weighted by atomic mass is 10.2. The van der Waals surface area contributed by atoms with Crippen molar-refractivity contribution >= 4 is 11.7 Å². The number of aryl methyl sites for hydroxylation is 1. The number of nitrogens with two attached hydrogens (primary N) is 1. The summed E-state index contributed by atoms with van der Waals surface area (Å²) in [5.74, 6) is 0.351. The van der Waals surface area contributed by atoms with E-state index in [2.05, 4.69) is 15.1 Å². The van der Waals surface area contributed by atoms with E-state index in [1.54, 1.807) is 6.92 Å². The van der Waals surface area contributed by atoms with E-state index in [1.165, 1.54) is 4.52 Å². The molecular weight excluding hydrogens is 201 g/mol. The molecule has 2 rings (SSSR count). The molecule has 0 spiro atoms. The summed E-state index contributed by atoms with van der Waals surface area (Å²) in [6.07, 6.45) is 0.0663. The minimum Gasteiger partial charge on any atom is -0.366 e. The second kappa shape index (κ2) is 3.34. The number of halogens is 1. The summed E-state index contributed by atoms with van der Waals surface area (Å²) in [5, 5.41) is 3.89. The van der Waals surface area contributed by atoms with E-state index in [-0.39, 0.29) is 23.7 Å². The third-order valence-corrected chi connectivity index (χ3v) is 2.22. The average molecular weight is 211 g/mol. The van der Waals surface area contributed by atoms with Crippen molar-refractivity contribution in [2.75, 3.05) is 12.4 Å². The molecule has 0 aliphatic heterocycles. The SMILES string of the molecule is Cc1c(CCF)c(=O)[nH]c2nc(N)nn12. The lowest BCUT2D eigenvalue weighted by Crippen LogP contribution is -2.19. The Hall–Kier alpha value is -1.92. The van der Waals surface area contributed by atoms with Crippen LogP contribution in [0, 0.1) is 6.92 Å². The van der Waals surface area contributed by atoms with Crippen LogP contribution >= 0.6 is 0 Å². The summed E-state index contributed by atoms with van der Waals surface area (Å²) in [6, 6.07) is 0. The van der Waals surface area contributed by atoms with Gasteiger partial charge in [0.2, 0.25) is 11.7 Å². The standard InChI is InChI=1S/C8H10FN5O/c1-4-5(2-3-9)6(15)11-8-12-7(10)13-14(4)8/h2-3H2,1H3,(H3,10,11,12,13,15). The van der Waals surface area contributed by atoms with E-state index in [0.717, 1.165) is 0 Å². The number of rotatable bonds is 2. The maximum atomic E-state index is 12.2. The molecule has 0 amide bonds. The Balaban J connectivity index is 2.77. The lowest BCUT2D eigenvalue weighted by molar-refractivity contribution is 0.492. The van der Waals surface area contributed by atoms with Crippen LogP contribution in [-0.2, 0) is 6.42 Å². The molecule has 0 aliphatic rings. The first-order valence-electron chi connectivity index (χ1n) is 4.43. The summed E-state index contributed by atoms with van der Waals surface area (Å²) in [5.41, 5.74) is 5.99. The van der Waals surface area contributed by atoms with Crippen LogP contribution in [0.5, 0.6) is 0 Å². The van der Waals surface area contributed by atoms with Crippen molar-refractivity contribution in [1.82, 2.24) is 19.6 Å². The third-order valence-electron chi connectivity index (χ3n) is 2.22. The van der Waals surface area contributed by atoms with Crippen molar-refractivity contribution in [2.24, 2.45) is 0 Å². The van der Waals surface area contributed by atoms with E-state index in [4.69, 9.17) is 5.73 Å². The summed E-state index contributed by atoms with van der Waals surface area (Å²) in [7, 11) is 0. The molecule has 0 fully saturated rings. The fourth-order valence-electron chi connectivity index (χ4n) is 1.50. The lowest BCUT2D eigenvalue weighted by Gasteiger charge is -2.03. The second-order valence-electron chi connectivity index (χ2n) is 3.16. The third kappa shape index (κ3) is 1.45. The van der Waals surface area contributed by atoms with Gasteiger partial charge in [0, 0.05) is 12.0 Å². The quantitative estimate of drug-likeness (QED) is 0.721. The number of fused-ring (bicyclic) bond motifs is 1. The molecule has 0 saturated carbocycles. The van der Waals surface area contributed by atoms with Gasteiger partial charge in [-0.15, -0.1) is 5.10 Å². The summed E-state index contributed by atoms with van der Waals surface area (Å²) in [6.45, 7) is 1.10. The van der Waals surface area contributed by atoms with Crippen molar-refractivity contribution in [2.45, 2.75) is 13.3 Å². The van der Waals surface area contributed by atoms with Crippen LogP contribution in [0.25, 0.3) is 5.78 Å². The predicted octanol–water partition coefficient (Wildman–Crippen LogP) is -0.180. The Morgan fingerprint density at radius 3 is 3.00 bits per heavy atom. The molecule has 0 aliphatic carbocycles. The highest BCUT2D eigenvalue weighted by atomic mass is 19.1. The molecule has 80 valence electrons. The zero-order valence-electron chi connectivity index (χ0n) is 8.12. The Morgan fingerprint density at radius 1 is 1.60 bits per heavy atom. The number of anilines is 1. The first kappa shape index (κ1) is 9.63. The van der Waals surface area contributed by atoms with E-state index in [0.29, 0.717) is 11.3 Å². The van der Waals surface area contributed by atoms with Crippen LogP contribution in [0.15, 0.2) is 4.79 Å². The van der Waals surface area contributed by atoms with Gasteiger partial charge in [0.15, 0.2) is 0 Å². The number of alkyl halides is 1. The van der Waals surface area contributed by atoms with E-state index in [9.17, 15) is 9.18 Å². The van der Waals surface area contributed by atoms with Crippen LogP contribution in [0.2, 0.25) is 0 Å². The predicted molar refractivity (Wildman–Crippen MR) is 52.4 cm³/mol. The largest absolute Gasteiger partial charge is 0.366 e. The van der Waals surface area contributed by atoms with Crippen molar-refractivity contribution in [3.05, 3.63) is 21.6 Å². The van der Waals surface area contributed by atoms with Crippen LogP contribution in [0.4, 0.5) is 10.3 Å². The Morgan fingerprint density at radius 2 is 2.33 bits per heavy atom. The second-order valence-corrected chi connectivity index (χ2v) is 3.16. The average Bonchev–Trinajstić information content (AvgIpc) is 2.53. The van der Waals surface area contributed by atoms with Gasteiger partial charge in [-0.05, 0) is 6.92 Å². The molecule has 0 radical (unpaired) electrons. The van der Waals surface area contributed by atoms with Gasteiger partial charge in [0.05, 0.1) is 12.4 Å². The number of nitrogens with one attached hydrogen (secondary N) is 1. The van der Waals surface area contributed by atoms with Gasteiger partial charge in [-0.3, -0.25) is 14.2 Å². The van der Waals surface area contributed by atoms with Gasteiger partial charge in [-0.1, -0.05) is 0 Å². The number of nitrogen functional groups attached to an aromatic ring is 1. The summed E-state index contributed by atoms with van der Waals surface area (Å²) < 4.78 is 13.6. The minimum absolute atomic E-state index is 0.0663. The van der Waals surface area contributed by atoms with Crippen LogP contribution in [0.3, 0.4) is 0 Å².